The van der Waals surface area contributed by atoms with Gasteiger partial charge in [0.25, 0.3) is 0 Å². The van der Waals surface area contributed by atoms with E-state index in [9.17, 15) is 29.1 Å². The number of amides is 3. The molecule has 194 valence electrons. The molecular formula is C21H32N6O7S. The van der Waals surface area contributed by atoms with Gasteiger partial charge in [-0.15, -0.1) is 0 Å². The molecule has 7 N–H and O–H groups in total. The molecular weight excluding hydrogens is 480 g/mol. The van der Waals surface area contributed by atoms with Crippen LogP contribution in [0, 0.1) is 0 Å². The Bertz CT molecular complexity index is 897. The maximum Gasteiger partial charge on any atom is 0.326 e. The molecule has 4 atom stereocenters. The zero-order valence-electron chi connectivity index (χ0n) is 19.4. The smallest absolute Gasteiger partial charge is 0.326 e. The number of aromatic amines is 1. The van der Waals surface area contributed by atoms with Gasteiger partial charge in [-0.05, 0) is 37.7 Å². The Morgan fingerprint density at radius 1 is 1.23 bits per heavy atom. The lowest BCUT2D eigenvalue weighted by Gasteiger charge is -2.29. The molecule has 2 heterocycles. The number of rotatable bonds is 14. The second-order valence-electron chi connectivity index (χ2n) is 8.25. The maximum atomic E-state index is 13.5. The van der Waals surface area contributed by atoms with Crippen molar-refractivity contribution in [3.8, 4) is 0 Å². The standard InChI is InChI=1S/C21H32N6O7S/c1-35-8-6-13(22)18(30)26-15(9-12-10-23-11-24-12)20(32)27-7-2-3-16(27)19(31)25-14(21(33)34)4-5-17(28)29/h10-11,13-16H,2-9,22H2,1H3,(H,23,24)(H,25,31)(H,26,30)(H,28,29)(H,33,34). The second-order valence-corrected chi connectivity index (χ2v) is 9.24. The van der Waals surface area contributed by atoms with Gasteiger partial charge in [-0.25, -0.2) is 9.78 Å². The Morgan fingerprint density at radius 2 is 1.97 bits per heavy atom. The number of carbonyl (C=O) groups is 5. The number of likely N-dealkylation sites (tertiary alicyclic amines) is 1. The van der Waals surface area contributed by atoms with Crippen molar-refractivity contribution < 1.29 is 34.2 Å². The first kappa shape index (κ1) is 28.1. The van der Waals surface area contributed by atoms with Crippen molar-refractivity contribution in [2.45, 2.75) is 62.7 Å². The van der Waals surface area contributed by atoms with Crippen LogP contribution in [0.3, 0.4) is 0 Å². The van der Waals surface area contributed by atoms with Crippen LogP contribution in [0.25, 0.3) is 0 Å². The van der Waals surface area contributed by atoms with Crippen molar-refractivity contribution in [3.63, 3.8) is 0 Å². The summed E-state index contributed by atoms with van der Waals surface area (Å²) in [6.45, 7) is 0.248. The fourth-order valence-corrected chi connectivity index (χ4v) is 4.26. The Balaban J connectivity index is 2.14. The third-order valence-electron chi connectivity index (χ3n) is 5.66. The molecule has 1 fully saturated rings. The molecule has 1 aliphatic heterocycles. The highest BCUT2D eigenvalue weighted by Gasteiger charge is 2.39. The number of carbonyl (C=O) groups excluding carboxylic acids is 3. The third-order valence-corrected chi connectivity index (χ3v) is 6.31. The lowest BCUT2D eigenvalue weighted by molar-refractivity contribution is -0.145. The predicted molar refractivity (Wildman–Crippen MR) is 126 cm³/mol. The lowest BCUT2D eigenvalue weighted by Crippen LogP contribution is -2.57. The normalized spacial score (nSPS) is 17.9. The predicted octanol–water partition coefficient (Wildman–Crippen LogP) is -1.06. The van der Waals surface area contributed by atoms with Crippen LogP contribution in [-0.4, -0.2) is 97.5 Å². The number of H-pyrrole nitrogens is 1. The molecule has 0 spiro atoms. The van der Waals surface area contributed by atoms with Gasteiger partial charge < -0.3 is 36.5 Å². The number of imidazole rings is 1. The molecule has 1 aliphatic rings. The lowest BCUT2D eigenvalue weighted by atomic mass is 10.1. The largest absolute Gasteiger partial charge is 0.481 e. The Kier molecular flexibility index (Phi) is 11.0. The topological polar surface area (TPSA) is 208 Å². The molecule has 2 rings (SSSR count). The van der Waals surface area contributed by atoms with Gasteiger partial charge in [0.15, 0.2) is 0 Å². The number of nitrogens with two attached hydrogens (primary N) is 1. The van der Waals surface area contributed by atoms with Gasteiger partial charge in [0, 0.05) is 31.3 Å². The van der Waals surface area contributed by atoms with Gasteiger partial charge in [0.1, 0.15) is 18.1 Å². The molecule has 14 heteroatoms. The van der Waals surface area contributed by atoms with Crippen molar-refractivity contribution in [2.75, 3.05) is 18.6 Å². The average molecular weight is 513 g/mol. The van der Waals surface area contributed by atoms with E-state index in [1.807, 2.05) is 6.26 Å². The fourth-order valence-electron chi connectivity index (χ4n) is 3.77. The average Bonchev–Trinajstić information content (AvgIpc) is 3.50. The number of aliphatic carboxylic acids is 2. The number of thioether (sulfide) groups is 1. The molecule has 0 aliphatic carbocycles. The summed E-state index contributed by atoms with van der Waals surface area (Å²) in [6.07, 6.45) is 5.48. The van der Waals surface area contributed by atoms with Crippen molar-refractivity contribution in [1.29, 1.82) is 0 Å². The van der Waals surface area contributed by atoms with E-state index in [4.69, 9.17) is 10.8 Å². The van der Waals surface area contributed by atoms with E-state index in [-0.39, 0.29) is 19.4 Å². The molecule has 13 nitrogen and oxygen atoms in total. The highest BCUT2D eigenvalue weighted by atomic mass is 32.2. The van der Waals surface area contributed by atoms with Crippen LogP contribution in [0.1, 0.15) is 37.8 Å². The highest BCUT2D eigenvalue weighted by molar-refractivity contribution is 7.98. The summed E-state index contributed by atoms with van der Waals surface area (Å²) in [5.41, 5.74) is 6.55. The van der Waals surface area contributed by atoms with E-state index in [0.29, 0.717) is 30.7 Å². The first-order valence-corrected chi connectivity index (χ1v) is 12.6. The monoisotopic (exact) mass is 512 g/mol. The van der Waals surface area contributed by atoms with E-state index < -0.39 is 60.2 Å². The van der Waals surface area contributed by atoms with Crippen LogP contribution in [0.15, 0.2) is 12.5 Å². The van der Waals surface area contributed by atoms with E-state index >= 15 is 0 Å². The summed E-state index contributed by atoms with van der Waals surface area (Å²) in [5.74, 6) is -3.54. The molecule has 0 aromatic carbocycles. The highest BCUT2D eigenvalue weighted by Crippen LogP contribution is 2.20. The van der Waals surface area contributed by atoms with Gasteiger partial charge in [-0.2, -0.15) is 11.8 Å². The summed E-state index contributed by atoms with van der Waals surface area (Å²) < 4.78 is 0. The van der Waals surface area contributed by atoms with Crippen molar-refractivity contribution in [3.05, 3.63) is 18.2 Å². The van der Waals surface area contributed by atoms with Crippen molar-refractivity contribution in [2.24, 2.45) is 5.73 Å². The van der Waals surface area contributed by atoms with Gasteiger partial charge >= 0.3 is 11.9 Å². The minimum atomic E-state index is -1.40. The van der Waals surface area contributed by atoms with Crippen LogP contribution < -0.4 is 16.4 Å². The molecule has 0 radical (unpaired) electrons. The summed E-state index contributed by atoms with van der Waals surface area (Å²) in [6, 6.07) is -4.16. The Morgan fingerprint density at radius 3 is 2.57 bits per heavy atom. The number of nitrogens with one attached hydrogen (secondary N) is 3. The van der Waals surface area contributed by atoms with Crippen LogP contribution >= 0.6 is 11.8 Å². The summed E-state index contributed by atoms with van der Waals surface area (Å²) in [5, 5.41) is 23.2. The summed E-state index contributed by atoms with van der Waals surface area (Å²) in [7, 11) is 0. The quantitative estimate of drug-likeness (QED) is 0.178. The van der Waals surface area contributed by atoms with Gasteiger partial charge in [-0.1, -0.05) is 0 Å². The number of nitrogens with zero attached hydrogens (tertiary/aromatic N) is 2. The maximum absolute atomic E-state index is 13.5. The molecule has 1 aromatic heterocycles. The number of carboxylic acids is 2. The SMILES string of the molecule is CSCCC(N)C(=O)NC(Cc1cnc[nH]1)C(=O)N1CCCC1C(=O)NC(CCC(=O)O)C(=O)O. The molecule has 3 amide bonds. The van der Waals surface area contributed by atoms with Gasteiger partial charge in [-0.3, -0.25) is 19.2 Å². The number of aromatic nitrogens is 2. The van der Waals surface area contributed by atoms with E-state index in [1.54, 1.807) is 11.8 Å². The zero-order valence-corrected chi connectivity index (χ0v) is 20.3. The summed E-state index contributed by atoms with van der Waals surface area (Å²) in [4.78, 5) is 69.3. The van der Waals surface area contributed by atoms with Crippen molar-refractivity contribution in [1.82, 2.24) is 25.5 Å². The van der Waals surface area contributed by atoms with Gasteiger partial charge in [0.05, 0.1) is 12.4 Å². The molecule has 0 saturated carbocycles. The minimum Gasteiger partial charge on any atom is -0.481 e. The first-order chi connectivity index (χ1) is 16.6. The Labute approximate surface area is 206 Å². The van der Waals surface area contributed by atoms with Crippen LogP contribution in [0.5, 0.6) is 0 Å². The number of hydrogen-bond donors (Lipinski definition) is 6. The molecule has 4 unspecified atom stereocenters. The van der Waals surface area contributed by atoms with Gasteiger partial charge in [0.2, 0.25) is 17.7 Å². The van der Waals surface area contributed by atoms with E-state index in [0.717, 1.165) is 0 Å². The van der Waals surface area contributed by atoms with E-state index in [2.05, 4.69) is 20.6 Å². The first-order valence-electron chi connectivity index (χ1n) is 11.2. The fraction of sp³-hybridized carbons (Fsp3) is 0.619. The number of carboxylic acid groups (broad SMARTS) is 2. The summed E-state index contributed by atoms with van der Waals surface area (Å²) >= 11 is 1.54. The van der Waals surface area contributed by atoms with Crippen LogP contribution in [0.4, 0.5) is 0 Å². The molecule has 35 heavy (non-hydrogen) atoms. The molecule has 1 aromatic rings. The Hall–Kier alpha value is -3.13. The minimum absolute atomic E-state index is 0.0982. The van der Waals surface area contributed by atoms with Crippen LogP contribution in [0.2, 0.25) is 0 Å². The van der Waals surface area contributed by atoms with Crippen LogP contribution in [-0.2, 0) is 30.4 Å². The van der Waals surface area contributed by atoms with E-state index in [1.165, 1.54) is 17.4 Å². The van der Waals surface area contributed by atoms with Crippen molar-refractivity contribution >= 4 is 41.4 Å². The number of hydrogen-bond acceptors (Lipinski definition) is 8. The molecule has 1 saturated heterocycles. The zero-order chi connectivity index (χ0) is 26.0. The second kappa shape index (κ2) is 13.7. The molecule has 0 bridgehead atoms. The third kappa shape index (κ3) is 8.55.